The molecule has 2 unspecified atom stereocenters. The summed E-state index contributed by atoms with van der Waals surface area (Å²) in [5.74, 6) is -2.02. The number of fused-ring (bicyclic) bond motifs is 2. The van der Waals surface area contributed by atoms with Gasteiger partial charge in [-0.1, -0.05) is 66.7 Å². The molecule has 3 fully saturated rings. The summed E-state index contributed by atoms with van der Waals surface area (Å²) in [5, 5.41) is 23.2. The standard InChI is InChI=1S/C31H38B2O8.C25H27BO6/c1-18(34)15-22(19-11-10-12-20(16-19)32-38-28(2,3)29(4,5)39-32)25-26(35)23-17-21(13-14-24(23)37-27(25)36)33-40-30(6,7)31(8,9)41-33;1-15(27)14-19(21-22(28)18-8-6-7-9-20(18)30-23(21)29)16-10-12-17(13-11-16)26-31-24(2,3)25(4,5)32-26/h10-14,16-17,22,35H,15H2,1-9H3;6-13,19,28H,14H2,1-5H3. The normalized spacial score (nSPS) is 19.9. The van der Waals surface area contributed by atoms with Gasteiger partial charge in [0.1, 0.15) is 34.2 Å². The lowest BCUT2D eigenvalue weighted by Gasteiger charge is -2.32. The highest BCUT2D eigenvalue weighted by Gasteiger charge is 2.54. The summed E-state index contributed by atoms with van der Waals surface area (Å²) in [5.41, 5.74) is -0.126. The minimum atomic E-state index is -0.754. The fourth-order valence-electron chi connectivity index (χ4n) is 9.22. The molecule has 0 amide bonds. The molecule has 2 aromatic heterocycles. The minimum Gasteiger partial charge on any atom is -0.507 e. The van der Waals surface area contributed by atoms with Crippen LogP contribution in [0.2, 0.25) is 0 Å². The maximum atomic E-state index is 13.3. The lowest BCUT2D eigenvalue weighted by molar-refractivity contribution is -0.118. The Morgan fingerprint density at radius 3 is 1.30 bits per heavy atom. The number of carbonyl (C=O) groups excluding carboxylic acids is 2. The van der Waals surface area contributed by atoms with Gasteiger partial charge in [0.15, 0.2) is 0 Å². The number of hydrogen-bond acceptors (Lipinski definition) is 14. The van der Waals surface area contributed by atoms with E-state index in [1.165, 1.54) is 13.8 Å². The van der Waals surface area contributed by atoms with E-state index in [0.717, 1.165) is 16.5 Å². The van der Waals surface area contributed by atoms with Gasteiger partial charge < -0.3 is 47.0 Å². The fraction of sp³-hybridized carbons (Fsp3) is 0.429. The van der Waals surface area contributed by atoms with E-state index in [2.05, 4.69) is 0 Å². The smallest absolute Gasteiger partial charge is 0.494 e. The molecule has 4 aromatic carbocycles. The van der Waals surface area contributed by atoms with E-state index in [9.17, 15) is 29.4 Å². The molecule has 6 aromatic rings. The Kier molecular flexibility index (Phi) is 14.0. The fourth-order valence-corrected chi connectivity index (χ4v) is 9.22. The Morgan fingerprint density at radius 2 is 0.836 bits per heavy atom. The summed E-state index contributed by atoms with van der Waals surface area (Å²) in [4.78, 5) is 50.6. The van der Waals surface area contributed by atoms with Crippen LogP contribution in [0.15, 0.2) is 109 Å². The number of para-hydroxylation sites is 1. The first-order chi connectivity index (χ1) is 33.9. The highest BCUT2D eigenvalue weighted by atomic mass is 16.7. The molecule has 2 atom stereocenters. The molecule has 2 N–H and O–H groups in total. The van der Waals surface area contributed by atoms with Crippen molar-refractivity contribution in [3.63, 3.8) is 0 Å². The van der Waals surface area contributed by atoms with Crippen LogP contribution in [-0.4, -0.2) is 76.7 Å². The van der Waals surface area contributed by atoms with Crippen molar-refractivity contribution in [2.24, 2.45) is 0 Å². The molecule has 9 rings (SSSR count). The molecule has 3 saturated heterocycles. The van der Waals surface area contributed by atoms with E-state index < -0.39 is 78.0 Å². The van der Waals surface area contributed by atoms with Crippen LogP contribution in [0.3, 0.4) is 0 Å². The summed E-state index contributed by atoms with van der Waals surface area (Å²) in [6, 6.07) is 26.7. The minimum absolute atomic E-state index is 0.00639. The predicted molar refractivity (Wildman–Crippen MR) is 283 cm³/mol. The quantitative estimate of drug-likeness (QED) is 0.0935. The highest BCUT2D eigenvalue weighted by Crippen LogP contribution is 2.42. The molecule has 382 valence electrons. The summed E-state index contributed by atoms with van der Waals surface area (Å²) in [6.07, 6.45) is 0.0556. The SMILES string of the molecule is CC(=O)CC(c1ccc(B2OC(C)(C)C(C)(C)O2)cc1)c1c(O)c2ccccc2oc1=O.CC(=O)CC(c1cccc(B2OC(C)(C)C(C)(C)O2)c1)c1c(O)c2cc(B3OC(C)(C)C(C)(C)O3)ccc2oc1=O. The van der Waals surface area contributed by atoms with Gasteiger partial charge in [-0.2, -0.15) is 0 Å². The first-order valence-corrected chi connectivity index (χ1v) is 24.7. The van der Waals surface area contributed by atoms with Gasteiger partial charge in [0.2, 0.25) is 0 Å². The third-order valence-electron chi connectivity index (χ3n) is 15.7. The summed E-state index contributed by atoms with van der Waals surface area (Å²) in [6.45, 7) is 26.7. The molecular formula is C56H65B3O14. The van der Waals surface area contributed by atoms with Crippen LogP contribution in [-0.2, 0) is 37.5 Å². The number of rotatable bonds is 11. The number of carbonyl (C=O) groups is 2. The van der Waals surface area contributed by atoms with E-state index >= 15 is 0 Å². The van der Waals surface area contributed by atoms with Crippen LogP contribution in [0, 0.1) is 0 Å². The van der Waals surface area contributed by atoms with Crippen molar-refractivity contribution < 1.29 is 56.6 Å². The Morgan fingerprint density at radius 1 is 0.452 bits per heavy atom. The van der Waals surface area contributed by atoms with Gasteiger partial charge in [0, 0.05) is 24.7 Å². The zero-order valence-electron chi connectivity index (χ0n) is 44.3. The molecule has 3 aliphatic rings. The third-order valence-corrected chi connectivity index (χ3v) is 15.7. The Bertz CT molecular complexity index is 3180. The van der Waals surface area contributed by atoms with Crippen molar-refractivity contribution in [2.75, 3.05) is 0 Å². The molecule has 5 heterocycles. The molecule has 17 heteroatoms. The first kappa shape index (κ1) is 53.5. The first-order valence-electron chi connectivity index (χ1n) is 24.7. The molecule has 14 nitrogen and oxygen atoms in total. The van der Waals surface area contributed by atoms with E-state index in [4.69, 9.17) is 36.8 Å². The van der Waals surface area contributed by atoms with Crippen LogP contribution in [0.4, 0.5) is 0 Å². The van der Waals surface area contributed by atoms with Gasteiger partial charge in [-0.15, -0.1) is 0 Å². The van der Waals surface area contributed by atoms with Crippen molar-refractivity contribution in [3.8, 4) is 11.5 Å². The van der Waals surface area contributed by atoms with Crippen molar-refractivity contribution >= 4 is 71.2 Å². The second-order valence-electron chi connectivity index (χ2n) is 22.6. The molecule has 0 spiro atoms. The monoisotopic (exact) mass is 994 g/mol. The molecule has 3 aliphatic heterocycles. The van der Waals surface area contributed by atoms with Crippen molar-refractivity contribution in [1.82, 2.24) is 0 Å². The van der Waals surface area contributed by atoms with Gasteiger partial charge in [-0.05, 0) is 149 Å². The van der Waals surface area contributed by atoms with E-state index in [0.29, 0.717) is 27.4 Å². The maximum absolute atomic E-state index is 13.3. The number of ketones is 2. The van der Waals surface area contributed by atoms with E-state index in [1.807, 2.05) is 132 Å². The Balaban J connectivity index is 0.000000201. The summed E-state index contributed by atoms with van der Waals surface area (Å²) in [7, 11) is -1.80. The molecule has 0 saturated carbocycles. The second kappa shape index (κ2) is 19.2. The average Bonchev–Trinajstić information content (AvgIpc) is 3.77. The second-order valence-corrected chi connectivity index (χ2v) is 22.6. The average molecular weight is 995 g/mol. The zero-order valence-corrected chi connectivity index (χ0v) is 44.3. The zero-order chi connectivity index (χ0) is 53.4. The van der Waals surface area contributed by atoms with Crippen LogP contribution < -0.4 is 27.6 Å². The van der Waals surface area contributed by atoms with E-state index in [1.54, 1.807) is 42.5 Å². The van der Waals surface area contributed by atoms with Gasteiger partial charge in [-0.25, -0.2) is 9.59 Å². The van der Waals surface area contributed by atoms with Crippen LogP contribution in [0.25, 0.3) is 21.9 Å². The summed E-state index contributed by atoms with van der Waals surface area (Å²) < 4.78 is 48.2. The van der Waals surface area contributed by atoms with Crippen molar-refractivity contribution in [3.05, 3.63) is 134 Å². The molecule has 0 aliphatic carbocycles. The topological polar surface area (TPSA) is 190 Å². The molecule has 0 bridgehead atoms. The number of benzene rings is 4. The van der Waals surface area contributed by atoms with Crippen molar-refractivity contribution in [2.45, 2.75) is 155 Å². The number of Topliss-reactive ketones (excluding diaryl/α,β-unsaturated/α-hetero) is 2. The number of hydrogen-bond donors (Lipinski definition) is 2. The van der Waals surface area contributed by atoms with Gasteiger partial charge in [0.25, 0.3) is 0 Å². The van der Waals surface area contributed by atoms with E-state index in [-0.39, 0.29) is 52.6 Å². The Hall–Kier alpha value is -5.81. The van der Waals surface area contributed by atoms with Crippen LogP contribution >= 0.6 is 0 Å². The number of aromatic hydroxyl groups is 2. The Labute approximate surface area is 427 Å². The van der Waals surface area contributed by atoms with Crippen molar-refractivity contribution in [1.29, 1.82) is 0 Å². The lowest BCUT2D eigenvalue weighted by Crippen LogP contribution is -2.41. The predicted octanol–water partition coefficient (Wildman–Crippen LogP) is 8.12. The third kappa shape index (κ3) is 10.2. The summed E-state index contributed by atoms with van der Waals surface area (Å²) >= 11 is 0. The highest BCUT2D eigenvalue weighted by molar-refractivity contribution is 6.63. The molecule has 73 heavy (non-hydrogen) atoms. The van der Waals surface area contributed by atoms with Gasteiger partial charge >= 0.3 is 32.6 Å². The van der Waals surface area contributed by atoms with Crippen LogP contribution in [0.1, 0.15) is 144 Å². The van der Waals surface area contributed by atoms with Crippen LogP contribution in [0.5, 0.6) is 11.5 Å². The molecule has 0 radical (unpaired) electrons. The largest absolute Gasteiger partial charge is 0.507 e. The lowest BCUT2D eigenvalue weighted by atomic mass is 9.76. The van der Waals surface area contributed by atoms with Gasteiger partial charge in [-0.3, -0.25) is 9.59 Å². The molecular weight excluding hydrogens is 929 g/mol. The van der Waals surface area contributed by atoms with Gasteiger partial charge in [0.05, 0.1) is 55.5 Å². The maximum Gasteiger partial charge on any atom is 0.494 e.